The maximum atomic E-state index is 13.4. The predicted molar refractivity (Wildman–Crippen MR) is 125 cm³/mol. The zero-order valence-electron chi connectivity index (χ0n) is 19.5. The van der Waals surface area contributed by atoms with E-state index in [-0.39, 0.29) is 17.4 Å². The maximum absolute atomic E-state index is 13.4. The largest absolute Gasteiger partial charge is 0.371 e. The average Bonchev–Trinajstić information content (AvgIpc) is 3.55. The summed E-state index contributed by atoms with van der Waals surface area (Å²) in [7, 11) is 0. The molecular formula is C25H32N6O2. The number of hydrogen-bond acceptors (Lipinski definition) is 6. The van der Waals surface area contributed by atoms with Crippen LogP contribution in [0.2, 0.25) is 0 Å². The topological polar surface area (TPSA) is 80.3 Å². The van der Waals surface area contributed by atoms with Crippen molar-refractivity contribution in [2.75, 3.05) is 24.5 Å². The Kier molecular flexibility index (Phi) is 5.91. The third-order valence-corrected chi connectivity index (χ3v) is 7.19. The molecule has 2 aliphatic rings. The summed E-state index contributed by atoms with van der Waals surface area (Å²) in [5.74, 6) is 1.01. The highest BCUT2D eigenvalue weighted by atomic mass is 16.5. The minimum absolute atomic E-state index is 0.0223. The highest BCUT2D eigenvalue weighted by Gasteiger charge is 2.45. The number of carbonyl (C=O) groups is 1. The van der Waals surface area contributed by atoms with Gasteiger partial charge >= 0.3 is 0 Å². The molecule has 4 heterocycles. The number of aromatic nitrogens is 4. The van der Waals surface area contributed by atoms with Gasteiger partial charge in [0.05, 0.1) is 6.54 Å². The Balaban J connectivity index is 1.27. The van der Waals surface area contributed by atoms with Crippen LogP contribution in [0.5, 0.6) is 0 Å². The first kappa shape index (κ1) is 21.7. The van der Waals surface area contributed by atoms with Gasteiger partial charge in [-0.1, -0.05) is 31.1 Å². The first-order chi connectivity index (χ1) is 16.0. The molecule has 8 nitrogen and oxygen atoms in total. The van der Waals surface area contributed by atoms with E-state index in [0.29, 0.717) is 5.69 Å². The summed E-state index contributed by atoms with van der Waals surface area (Å²) in [5.41, 5.74) is 2.82. The summed E-state index contributed by atoms with van der Waals surface area (Å²) in [6, 6.07) is 10.6. The summed E-state index contributed by atoms with van der Waals surface area (Å²) in [5, 5.41) is 8.28. The van der Waals surface area contributed by atoms with Crippen molar-refractivity contribution in [3.63, 3.8) is 0 Å². The quantitative estimate of drug-likeness (QED) is 0.585. The normalized spacial score (nSPS) is 21.2. The van der Waals surface area contributed by atoms with Crippen molar-refractivity contribution in [2.24, 2.45) is 0 Å². The van der Waals surface area contributed by atoms with Gasteiger partial charge in [-0.3, -0.25) is 4.79 Å². The van der Waals surface area contributed by atoms with Gasteiger partial charge in [0.15, 0.2) is 5.69 Å². The van der Waals surface area contributed by atoms with E-state index >= 15 is 0 Å². The Bertz CT molecular complexity index is 1070. The third-order valence-electron chi connectivity index (χ3n) is 7.19. The van der Waals surface area contributed by atoms with E-state index < -0.39 is 0 Å². The lowest BCUT2D eigenvalue weighted by atomic mass is 9.87. The van der Waals surface area contributed by atoms with Crippen molar-refractivity contribution in [3.8, 4) is 0 Å². The fourth-order valence-electron chi connectivity index (χ4n) is 5.33. The Morgan fingerprint density at radius 2 is 1.88 bits per heavy atom. The van der Waals surface area contributed by atoms with E-state index in [1.807, 2.05) is 24.6 Å². The number of nitrogens with zero attached hydrogens (tertiary/aromatic N) is 6. The molecule has 0 radical (unpaired) electrons. The average molecular weight is 449 g/mol. The zero-order valence-corrected chi connectivity index (χ0v) is 19.5. The van der Waals surface area contributed by atoms with Crippen LogP contribution in [-0.2, 0) is 6.54 Å². The number of amides is 1. The number of likely N-dealkylation sites (tertiary alicyclic amines) is 1. The molecule has 5 rings (SSSR count). The summed E-state index contributed by atoms with van der Waals surface area (Å²) < 4.78 is 7.24. The molecule has 1 unspecified atom stereocenters. The van der Waals surface area contributed by atoms with Crippen molar-refractivity contribution in [2.45, 2.75) is 64.0 Å². The molecule has 1 amide bonds. The molecule has 2 aliphatic heterocycles. The lowest BCUT2D eigenvalue weighted by Crippen LogP contribution is -2.48. The molecule has 2 fully saturated rings. The van der Waals surface area contributed by atoms with Crippen molar-refractivity contribution in [1.82, 2.24) is 24.8 Å². The van der Waals surface area contributed by atoms with Gasteiger partial charge in [0.25, 0.3) is 5.91 Å². The van der Waals surface area contributed by atoms with E-state index in [2.05, 4.69) is 49.3 Å². The van der Waals surface area contributed by atoms with E-state index in [0.717, 1.165) is 64.0 Å². The Labute approximate surface area is 194 Å². The van der Waals surface area contributed by atoms with Crippen LogP contribution in [0.15, 0.2) is 47.5 Å². The summed E-state index contributed by atoms with van der Waals surface area (Å²) in [4.78, 5) is 21.9. The van der Waals surface area contributed by atoms with Crippen LogP contribution in [0.3, 0.4) is 0 Å². The highest BCUT2D eigenvalue weighted by Crippen LogP contribution is 2.40. The van der Waals surface area contributed by atoms with E-state index in [1.165, 1.54) is 11.3 Å². The standard InChI is InChI=1S/C25H32N6O2/c1-19(2)23-15-22(28-33-23)24(32)31-13-4-10-25(31)9-3-12-29(14-11-25)21-7-5-20(6-8-21)16-30-18-26-17-27-30/h5-8,15,17-19H,3-4,9-14,16H2,1-2H3. The van der Waals surface area contributed by atoms with Crippen LogP contribution in [-0.4, -0.2) is 55.9 Å². The molecule has 2 aromatic heterocycles. The SMILES string of the molecule is CC(C)c1cc(C(=O)N2CCCC23CCCN(c2ccc(Cn4cncn4)cc2)CC3)no1. The van der Waals surface area contributed by atoms with Gasteiger partial charge in [-0.25, -0.2) is 9.67 Å². The van der Waals surface area contributed by atoms with Crippen LogP contribution in [0.1, 0.15) is 73.7 Å². The van der Waals surface area contributed by atoms with Crippen LogP contribution in [0.4, 0.5) is 5.69 Å². The number of carbonyl (C=O) groups excluding carboxylic acids is 1. The van der Waals surface area contributed by atoms with Crippen LogP contribution in [0, 0.1) is 0 Å². The van der Waals surface area contributed by atoms with Gasteiger partial charge in [0.2, 0.25) is 0 Å². The second-order valence-corrected chi connectivity index (χ2v) is 9.65. The lowest BCUT2D eigenvalue weighted by molar-refractivity contribution is 0.0555. The Morgan fingerprint density at radius 1 is 1.09 bits per heavy atom. The van der Waals surface area contributed by atoms with Crippen molar-refractivity contribution >= 4 is 11.6 Å². The first-order valence-corrected chi connectivity index (χ1v) is 12.0. The Morgan fingerprint density at radius 3 is 2.58 bits per heavy atom. The van der Waals surface area contributed by atoms with Gasteiger partial charge in [0.1, 0.15) is 18.4 Å². The molecule has 1 spiro atoms. The van der Waals surface area contributed by atoms with Gasteiger partial charge in [-0.15, -0.1) is 0 Å². The molecule has 0 saturated carbocycles. The fourth-order valence-corrected chi connectivity index (χ4v) is 5.33. The molecule has 0 aliphatic carbocycles. The van der Waals surface area contributed by atoms with Crippen molar-refractivity contribution in [3.05, 3.63) is 60.0 Å². The minimum atomic E-state index is -0.0736. The second kappa shape index (κ2) is 9.00. The van der Waals surface area contributed by atoms with Gasteiger partial charge in [0, 0.05) is 42.8 Å². The molecule has 3 aromatic rings. The van der Waals surface area contributed by atoms with Gasteiger partial charge in [-0.2, -0.15) is 5.10 Å². The molecule has 2 saturated heterocycles. The fraction of sp³-hybridized carbons (Fsp3) is 0.520. The number of rotatable bonds is 5. The third kappa shape index (κ3) is 4.38. The molecule has 0 bridgehead atoms. The summed E-state index contributed by atoms with van der Waals surface area (Å²) in [6.07, 6.45) is 8.50. The second-order valence-electron chi connectivity index (χ2n) is 9.65. The van der Waals surface area contributed by atoms with Gasteiger partial charge in [-0.05, 0) is 49.8 Å². The maximum Gasteiger partial charge on any atom is 0.276 e. The smallest absolute Gasteiger partial charge is 0.276 e. The van der Waals surface area contributed by atoms with E-state index in [4.69, 9.17) is 4.52 Å². The molecule has 33 heavy (non-hydrogen) atoms. The molecular weight excluding hydrogens is 416 g/mol. The monoisotopic (exact) mass is 448 g/mol. The minimum Gasteiger partial charge on any atom is -0.371 e. The summed E-state index contributed by atoms with van der Waals surface area (Å²) in [6.45, 7) is 7.58. The Hall–Kier alpha value is -3.16. The van der Waals surface area contributed by atoms with Crippen molar-refractivity contribution < 1.29 is 9.32 Å². The highest BCUT2D eigenvalue weighted by molar-refractivity contribution is 5.93. The van der Waals surface area contributed by atoms with Crippen LogP contribution in [0.25, 0.3) is 0 Å². The van der Waals surface area contributed by atoms with Gasteiger partial charge < -0.3 is 14.3 Å². The number of benzene rings is 1. The molecule has 1 aromatic carbocycles. The van der Waals surface area contributed by atoms with Crippen LogP contribution >= 0.6 is 0 Å². The zero-order chi connectivity index (χ0) is 22.8. The molecule has 174 valence electrons. The summed E-state index contributed by atoms with van der Waals surface area (Å²) >= 11 is 0. The lowest BCUT2D eigenvalue weighted by Gasteiger charge is -2.37. The molecule has 1 atom stereocenters. The van der Waals surface area contributed by atoms with E-state index in [9.17, 15) is 4.79 Å². The first-order valence-electron chi connectivity index (χ1n) is 12.0. The predicted octanol–water partition coefficient (Wildman–Crippen LogP) is 4.10. The van der Waals surface area contributed by atoms with E-state index in [1.54, 1.807) is 12.7 Å². The number of anilines is 1. The number of hydrogen-bond donors (Lipinski definition) is 0. The van der Waals surface area contributed by atoms with Crippen molar-refractivity contribution in [1.29, 1.82) is 0 Å². The molecule has 0 N–H and O–H groups in total. The molecule has 8 heteroatoms. The van der Waals surface area contributed by atoms with Crippen LogP contribution < -0.4 is 4.90 Å².